The molecule has 4 rings (SSSR count). The van der Waals surface area contributed by atoms with Gasteiger partial charge in [0.1, 0.15) is 6.10 Å². The van der Waals surface area contributed by atoms with E-state index >= 15 is 0 Å². The van der Waals surface area contributed by atoms with E-state index in [4.69, 9.17) is 4.74 Å². The van der Waals surface area contributed by atoms with E-state index in [1.807, 2.05) is 16.7 Å². The number of esters is 1. The van der Waals surface area contributed by atoms with Gasteiger partial charge in [-0.15, -0.1) is 0 Å². The lowest BCUT2D eigenvalue weighted by molar-refractivity contribution is -0.170. The summed E-state index contributed by atoms with van der Waals surface area (Å²) in [6, 6.07) is 0.195. The normalized spacial score (nSPS) is 37.2. The molecule has 4 fully saturated rings. The smallest absolute Gasteiger partial charge is 0.333 e. The Morgan fingerprint density at radius 3 is 2.73 bits per heavy atom. The molecule has 0 aliphatic carbocycles. The van der Waals surface area contributed by atoms with E-state index in [2.05, 4.69) is 0 Å². The van der Waals surface area contributed by atoms with Crippen LogP contribution in [0.2, 0.25) is 0 Å². The maximum atomic E-state index is 13.1. The summed E-state index contributed by atoms with van der Waals surface area (Å²) >= 11 is 0. The highest BCUT2D eigenvalue weighted by molar-refractivity contribution is 5.88. The second-order valence-corrected chi connectivity index (χ2v) is 8.23. The molecule has 6 nitrogen and oxygen atoms in total. The number of hydrogen-bond donors (Lipinski definition) is 0. The number of rotatable bonds is 2. The molecule has 5 unspecified atom stereocenters. The van der Waals surface area contributed by atoms with Crippen molar-refractivity contribution in [2.45, 2.75) is 70.6 Å². The van der Waals surface area contributed by atoms with Crippen LogP contribution in [-0.4, -0.2) is 58.9 Å². The zero-order valence-electron chi connectivity index (χ0n) is 15.6. The highest BCUT2D eigenvalue weighted by atomic mass is 16.5. The number of carbonyl (C=O) groups excluding carboxylic acids is 3. The van der Waals surface area contributed by atoms with Gasteiger partial charge in [-0.25, -0.2) is 4.79 Å². The van der Waals surface area contributed by atoms with E-state index in [0.29, 0.717) is 37.3 Å². The van der Waals surface area contributed by atoms with Crippen molar-refractivity contribution in [3.8, 4) is 0 Å². The van der Waals surface area contributed by atoms with Gasteiger partial charge in [0.15, 0.2) is 0 Å². The summed E-state index contributed by atoms with van der Waals surface area (Å²) in [4.78, 5) is 41.6. The van der Waals surface area contributed by atoms with Crippen LogP contribution in [0, 0.1) is 11.8 Å². The number of carbonyl (C=O) groups is 3. The third-order valence-corrected chi connectivity index (χ3v) is 6.83. The standard InChI is InChI=1S/C20H28N2O4/c1-3-12(2)20(25)26-14-7-8-21-17(10-14)13-9-15(19(21)24)16-5-4-6-18(23)22(16)11-13/h3,13-17H,4-11H2,1-2H3/b12-3+. The van der Waals surface area contributed by atoms with E-state index in [1.165, 1.54) is 0 Å². The average molecular weight is 360 g/mol. The van der Waals surface area contributed by atoms with E-state index in [1.54, 1.807) is 13.0 Å². The van der Waals surface area contributed by atoms with Crippen molar-refractivity contribution in [1.82, 2.24) is 9.80 Å². The van der Waals surface area contributed by atoms with Crippen molar-refractivity contribution in [1.29, 1.82) is 0 Å². The monoisotopic (exact) mass is 360 g/mol. The molecule has 0 aromatic carbocycles. The van der Waals surface area contributed by atoms with Crippen molar-refractivity contribution >= 4 is 17.8 Å². The summed E-state index contributed by atoms with van der Waals surface area (Å²) in [6.07, 6.45) is 6.37. The van der Waals surface area contributed by atoms with Crippen molar-refractivity contribution in [2.75, 3.05) is 13.1 Å². The Balaban J connectivity index is 1.50. The van der Waals surface area contributed by atoms with Crippen LogP contribution < -0.4 is 0 Å². The highest BCUT2D eigenvalue weighted by Crippen LogP contribution is 2.44. The van der Waals surface area contributed by atoms with Crippen molar-refractivity contribution in [3.05, 3.63) is 11.6 Å². The Morgan fingerprint density at radius 1 is 1.15 bits per heavy atom. The van der Waals surface area contributed by atoms with Gasteiger partial charge in [-0.1, -0.05) is 6.08 Å². The summed E-state index contributed by atoms with van der Waals surface area (Å²) in [5.41, 5.74) is 0.617. The fourth-order valence-electron chi connectivity index (χ4n) is 5.32. The molecule has 0 aromatic heterocycles. The van der Waals surface area contributed by atoms with Crippen LogP contribution in [0.4, 0.5) is 0 Å². The van der Waals surface area contributed by atoms with E-state index in [-0.39, 0.29) is 41.9 Å². The maximum Gasteiger partial charge on any atom is 0.333 e. The third kappa shape index (κ3) is 2.83. The summed E-state index contributed by atoms with van der Waals surface area (Å²) < 4.78 is 5.67. The lowest BCUT2D eigenvalue weighted by atomic mass is 9.70. The first-order valence-corrected chi connectivity index (χ1v) is 9.93. The van der Waals surface area contributed by atoms with Crippen LogP contribution >= 0.6 is 0 Å². The average Bonchev–Trinajstić information content (AvgIpc) is 2.65. The first kappa shape index (κ1) is 17.6. The maximum absolute atomic E-state index is 13.1. The predicted octanol–water partition coefficient (Wildman–Crippen LogP) is 1.89. The SMILES string of the molecule is C/C=C(\C)C(=O)OC1CCN2C(=O)C3CC(CN4C(=O)CCCC34)C2C1. The van der Waals surface area contributed by atoms with Gasteiger partial charge in [0.25, 0.3) is 0 Å². The third-order valence-electron chi connectivity index (χ3n) is 6.83. The van der Waals surface area contributed by atoms with Gasteiger partial charge in [-0.3, -0.25) is 9.59 Å². The number of fused-ring (bicyclic) bond motifs is 6. The molecule has 2 bridgehead atoms. The summed E-state index contributed by atoms with van der Waals surface area (Å²) in [6.45, 7) is 5.00. The fraction of sp³-hybridized carbons (Fsp3) is 0.750. The van der Waals surface area contributed by atoms with Crippen molar-refractivity contribution < 1.29 is 19.1 Å². The Morgan fingerprint density at radius 2 is 1.96 bits per heavy atom. The van der Waals surface area contributed by atoms with Gasteiger partial charge in [0.2, 0.25) is 11.8 Å². The zero-order chi connectivity index (χ0) is 18.4. The molecular formula is C20H28N2O4. The van der Waals surface area contributed by atoms with E-state index in [0.717, 1.165) is 25.8 Å². The summed E-state index contributed by atoms with van der Waals surface area (Å²) in [5, 5.41) is 0. The molecule has 6 heteroatoms. The second-order valence-electron chi connectivity index (χ2n) is 8.23. The minimum atomic E-state index is -0.263. The molecule has 5 atom stereocenters. The minimum Gasteiger partial charge on any atom is -0.459 e. The van der Waals surface area contributed by atoms with Crippen LogP contribution in [-0.2, 0) is 19.1 Å². The Labute approximate surface area is 154 Å². The van der Waals surface area contributed by atoms with Crippen LogP contribution in [0.25, 0.3) is 0 Å². The highest BCUT2D eigenvalue weighted by Gasteiger charge is 2.53. The van der Waals surface area contributed by atoms with Crippen LogP contribution in [0.15, 0.2) is 11.6 Å². The molecule has 0 aromatic rings. The summed E-state index contributed by atoms with van der Waals surface area (Å²) in [7, 11) is 0. The molecule has 4 heterocycles. The van der Waals surface area contributed by atoms with Gasteiger partial charge in [0, 0.05) is 50.0 Å². The van der Waals surface area contributed by atoms with Crippen LogP contribution in [0.3, 0.4) is 0 Å². The van der Waals surface area contributed by atoms with Crippen molar-refractivity contribution in [3.63, 3.8) is 0 Å². The predicted molar refractivity (Wildman–Crippen MR) is 95.0 cm³/mol. The van der Waals surface area contributed by atoms with Gasteiger partial charge < -0.3 is 14.5 Å². The molecule has 26 heavy (non-hydrogen) atoms. The molecule has 0 saturated carbocycles. The molecule has 4 aliphatic heterocycles. The van der Waals surface area contributed by atoms with Gasteiger partial charge in [0.05, 0.1) is 5.92 Å². The van der Waals surface area contributed by atoms with Crippen molar-refractivity contribution in [2.24, 2.45) is 11.8 Å². The second kappa shape index (κ2) is 6.71. The first-order chi connectivity index (χ1) is 12.5. The van der Waals surface area contributed by atoms with E-state index < -0.39 is 0 Å². The molecule has 0 N–H and O–H groups in total. The Bertz CT molecular complexity index is 658. The fourth-order valence-corrected chi connectivity index (χ4v) is 5.32. The minimum absolute atomic E-state index is 0.0291. The molecule has 142 valence electrons. The van der Waals surface area contributed by atoms with Gasteiger partial charge >= 0.3 is 5.97 Å². The molecule has 4 saturated heterocycles. The topological polar surface area (TPSA) is 66.9 Å². The molecular weight excluding hydrogens is 332 g/mol. The molecule has 2 amide bonds. The van der Waals surface area contributed by atoms with Gasteiger partial charge in [-0.05, 0) is 39.0 Å². The van der Waals surface area contributed by atoms with Crippen LogP contribution in [0.1, 0.15) is 52.4 Å². The number of allylic oxidation sites excluding steroid dienone is 1. The zero-order valence-corrected chi connectivity index (χ0v) is 15.6. The van der Waals surface area contributed by atoms with Crippen LogP contribution in [0.5, 0.6) is 0 Å². The Kier molecular flexibility index (Phi) is 4.53. The van der Waals surface area contributed by atoms with Gasteiger partial charge in [-0.2, -0.15) is 0 Å². The first-order valence-electron chi connectivity index (χ1n) is 9.93. The number of piperidine rings is 4. The quantitative estimate of drug-likeness (QED) is 0.557. The number of ether oxygens (including phenoxy) is 1. The number of nitrogens with zero attached hydrogens (tertiary/aromatic N) is 2. The molecule has 0 spiro atoms. The molecule has 4 aliphatic rings. The lowest BCUT2D eigenvalue weighted by Gasteiger charge is -2.56. The molecule has 0 radical (unpaired) electrons. The number of amides is 2. The number of hydrogen-bond acceptors (Lipinski definition) is 4. The van der Waals surface area contributed by atoms with E-state index in [9.17, 15) is 14.4 Å². The summed E-state index contributed by atoms with van der Waals surface area (Å²) in [5.74, 6) is 0.435. The Hall–Kier alpha value is -1.85. The lowest BCUT2D eigenvalue weighted by Crippen LogP contribution is -2.67. The largest absolute Gasteiger partial charge is 0.459 e.